The molecule has 0 amide bonds. The molecule has 0 unspecified atom stereocenters. The predicted octanol–water partition coefficient (Wildman–Crippen LogP) is 2.48. The number of hydrogen-bond acceptors (Lipinski definition) is 3. The van der Waals surface area contributed by atoms with Crippen LogP contribution in [0, 0.1) is 0 Å². The van der Waals surface area contributed by atoms with Gasteiger partial charge in [-0.2, -0.15) is 0 Å². The van der Waals surface area contributed by atoms with Crippen molar-refractivity contribution in [3.8, 4) is 0 Å². The molecule has 19 heavy (non-hydrogen) atoms. The largest absolute Gasteiger partial charge is 0.310 e. The lowest BCUT2D eigenvalue weighted by Gasteiger charge is -2.16. The zero-order chi connectivity index (χ0) is 14.6. The summed E-state index contributed by atoms with van der Waals surface area (Å²) < 4.78 is 25.6. The zero-order valence-corrected chi connectivity index (χ0v) is 13.3. The molecular formula is C13H21ClN2O2S. The van der Waals surface area contributed by atoms with Gasteiger partial charge in [0.25, 0.3) is 0 Å². The van der Waals surface area contributed by atoms with Crippen LogP contribution in [0.25, 0.3) is 0 Å². The van der Waals surface area contributed by atoms with Crippen molar-refractivity contribution in [2.24, 2.45) is 0 Å². The first-order chi connectivity index (χ1) is 8.78. The number of sulfonamides is 1. The van der Waals surface area contributed by atoms with Gasteiger partial charge in [-0.1, -0.05) is 38.4 Å². The van der Waals surface area contributed by atoms with E-state index in [9.17, 15) is 8.42 Å². The molecular weight excluding hydrogens is 284 g/mol. The van der Waals surface area contributed by atoms with Gasteiger partial charge < -0.3 is 5.32 Å². The Balaban J connectivity index is 3.00. The normalized spacial score (nSPS) is 12.4. The zero-order valence-electron chi connectivity index (χ0n) is 11.8. The molecule has 0 radical (unpaired) electrons. The van der Waals surface area contributed by atoms with Gasteiger partial charge >= 0.3 is 0 Å². The summed E-state index contributed by atoms with van der Waals surface area (Å²) in [5, 5.41) is 3.72. The molecule has 0 aliphatic rings. The Labute approximate surface area is 120 Å². The summed E-state index contributed by atoms with van der Waals surface area (Å²) >= 11 is 6.14. The maximum Gasteiger partial charge on any atom is 0.242 e. The fraction of sp³-hybridized carbons (Fsp3) is 0.538. The number of nitrogens with zero attached hydrogens (tertiary/aromatic N) is 1. The van der Waals surface area contributed by atoms with Crippen LogP contribution >= 0.6 is 11.6 Å². The van der Waals surface area contributed by atoms with E-state index >= 15 is 0 Å². The summed E-state index contributed by atoms with van der Waals surface area (Å²) in [5.74, 6) is 0. The number of halogens is 1. The van der Waals surface area contributed by atoms with Crippen LogP contribution in [0.15, 0.2) is 23.1 Å². The minimum atomic E-state index is -3.43. The summed E-state index contributed by atoms with van der Waals surface area (Å²) in [6, 6.07) is 5.23. The first kappa shape index (κ1) is 16.4. The minimum absolute atomic E-state index is 0.232. The molecule has 1 aromatic rings. The third-order valence-electron chi connectivity index (χ3n) is 2.88. The Kier molecular flexibility index (Phi) is 5.80. The molecule has 1 rings (SSSR count). The molecule has 1 aromatic carbocycles. The lowest BCUT2D eigenvalue weighted by Crippen LogP contribution is -2.26. The van der Waals surface area contributed by atoms with Crippen LogP contribution in [-0.2, 0) is 16.6 Å². The predicted molar refractivity (Wildman–Crippen MR) is 78.9 cm³/mol. The van der Waals surface area contributed by atoms with E-state index in [1.807, 2.05) is 13.8 Å². The molecule has 0 saturated carbocycles. The van der Waals surface area contributed by atoms with Crippen LogP contribution in [0.3, 0.4) is 0 Å². The Morgan fingerprint density at radius 2 is 2.00 bits per heavy atom. The van der Waals surface area contributed by atoms with Gasteiger partial charge in [-0.3, -0.25) is 0 Å². The van der Waals surface area contributed by atoms with Gasteiger partial charge in [0.05, 0.1) is 4.90 Å². The lowest BCUT2D eigenvalue weighted by atomic mass is 10.2. The number of nitrogens with one attached hydrogen (secondary N) is 1. The number of rotatable bonds is 6. The second-order valence-corrected chi connectivity index (χ2v) is 7.16. The standard InChI is InChI=1S/C13H21ClN2O2S/c1-5-16(4)19(17,18)12-7-6-11(13(14)8-12)9-15-10(2)3/h6-8,10,15H,5,9H2,1-4H3. The molecule has 0 saturated heterocycles. The van der Waals surface area contributed by atoms with Crippen molar-refractivity contribution in [2.45, 2.75) is 38.3 Å². The molecule has 0 fully saturated rings. The SMILES string of the molecule is CCN(C)S(=O)(=O)c1ccc(CNC(C)C)c(Cl)c1. The summed E-state index contributed by atoms with van der Waals surface area (Å²) in [5.41, 5.74) is 0.897. The third kappa shape index (κ3) is 4.18. The topological polar surface area (TPSA) is 49.4 Å². The van der Waals surface area contributed by atoms with Gasteiger partial charge in [-0.15, -0.1) is 0 Å². The van der Waals surface area contributed by atoms with Gasteiger partial charge in [0.15, 0.2) is 0 Å². The molecule has 0 aliphatic carbocycles. The molecule has 4 nitrogen and oxygen atoms in total. The quantitative estimate of drug-likeness (QED) is 0.878. The van der Waals surface area contributed by atoms with Gasteiger partial charge in [-0.25, -0.2) is 12.7 Å². The van der Waals surface area contributed by atoms with Crippen LogP contribution in [-0.4, -0.2) is 32.4 Å². The summed E-state index contributed by atoms with van der Waals surface area (Å²) in [6.07, 6.45) is 0. The van der Waals surface area contributed by atoms with E-state index in [1.54, 1.807) is 26.1 Å². The Bertz CT molecular complexity index is 529. The first-order valence-electron chi connectivity index (χ1n) is 6.27. The molecule has 0 aliphatic heterocycles. The smallest absolute Gasteiger partial charge is 0.242 e. The van der Waals surface area contributed by atoms with Crippen molar-refractivity contribution in [3.63, 3.8) is 0 Å². The van der Waals surface area contributed by atoms with E-state index in [0.717, 1.165) is 5.56 Å². The Morgan fingerprint density at radius 3 is 2.47 bits per heavy atom. The Morgan fingerprint density at radius 1 is 1.37 bits per heavy atom. The molecule has 6 heteroatoms. The van der Waals surface area contributed by atoms with E-state index in [2.05, 4.69) is 5.32 Å². The average Bonchev–Trinajstić information content (AvgIpc) is 2.35. The molecule has 1 N–H and O–H groups in total. The van der Waals surface area contributed by atoms with E-state index in [-0.39, 0.29) is 4.90 Å². The highest BCUT2D eigenvalue weighted by Crippen LogP contribution is 2.22. The van der Waals surface area contributed by atoms with Gasteiger partial charge in [0.2, 0.25) is 10.0 Å². The van der Waals surface area contributed by atoms with Crippen LogP contribution in [0.4, 0.5) is 0 Å². The molecule has 0 spiro atoms. The van der Waals surface area contributed by atoms with Gasteiger partial charge in [-0.05, 0) is 17.7 Å². The summed E-state index contributed by atoms with van der Waals surface area (Å²) in [4.78, 5) is 0.232. The molecule has 0 aromatic heterocycles. The van der Waals surface area contributed by atoms with Crippen LogP contribution in [0.5, 0.6) is 0 Å². The van der Waals surface area contributed by atoms with Crippen LogP contribution in [0.2, 0.25) is 5.02 Å². The fourth-order valence-electron chi connectivity index (χ4n) is 1.50. The summed E-state index contributed by atoms with van der Waals surface area (Å²) in [7, 11) is -1.88. The molecule has 0 bridgehead atoms. The molecule has 108 valence electrons. The summed E-state index contributed by atoms with van der Waals surface area (Å²) in [6.45, 7) is 6.93. The number of hydrogen-bond donors (Lipinski definition) is 1. The van der Waals surface area contributed by atoms with Crippen molar-refractivity contribution >= 4 is 21.6 Å². The second kappa shape index (κ2) is 6.70. The first-order valence-corrected chi connectivity index (χ1v) is 8.09. The minimum Gasteiger partial charge on any atom is -0.310 e. The average molecular weight is 305 g/mol. The second-order valence-electron chi connectivity index (χ2n) is 4.71. The van der Waals surface area contributed by atoms with E-state index in [1.165, 1.54) is 10.4 Å². The van der Waals surface area contributed by atoms with Gasteiger partial charge in [0, 0.05) is 31.2 Å². The Hall–Kier alpha value is -0.620. The third-order valence-corrected chi connectivity index (χ3v) is 5.16. The fourth-order valence-corrected chi connectivity index (χ4v) is 3.01. The van der Waals surface area contributed by atoms with Crippen molar-refractivity contribution in [2.75, 3.05) is 13.6 Å². The lowest BCUT2D eigenvalue weighted by molar-refractivity contribution is 0.486. The molecule has 0 heterocycles. The van der Waals surface area contributed by atoms with Crippen LogP contribution < -0.4 is 5.32 Å². The van der Waals surface area contributed by atoms with Crippen molar-refractivity contribution in [1.82, 2.24) is 9.62 Å². The highest BCUT2D eigenvalue weighted by Gasteiger charge is 2.20. The highest BCUT2D eigenvalue weighted by atomic mass is 35.5. The van der Waals surface area contributed by atoms with Gasteiger partial charge in [0.1, 0.15) is 0 Å². The molecule has 0 atom stereocenters. The highest BCUT2D eigenvalue weighted by molar-refractivity contribution is 7.89. The van der Waals surface area contributed by atoms with E-state index in [4.69, 9.17) is 11.6 Å². The van der Waals surface area contributed by atoms with E-state index in [0.29, 0.717) is 24.2 Å². The van der Waals surface area contributed by atoms with Crippen molar-refractivity contribution < 1.29 is 8.42 Å². The number of benzene rings is 1. The van der Waals surface area contributed by atoms with Crippen LogP contribution in [0.1, 0.15) is 26.3 Å². The maximum atomic E-state index is 12.1. The van der Waals surface area contributed by atoms with Crippen molar-refractivity contribution in [1.29, 1.82) is 0 Å². The maximum absolute atomic E-state index is 12.1. The monoisotopic (exact) mass is 304 g/mol. The van der Waals surface area contributed by atoms with Crippen molar-refractivity contribution in [3.05, 3.63) is 28.8 Å². The van der Waals surface area contributed by atoms with E-state index < -0.39 is 10.0 Å².